The van der Waals surface area contributed by atoms with Crippen LogP contribution in [-0.4, -0.2) is 123 Å². The SMILES string of the molecule is CC(=O)O[C@H]1C2C([C@@H](OC(=O)c3ccc4c(c3)C(=O)c3ccccc3C4=O)C[C@H]3C[C@@H]4O[C@@H]4[C@H](O)[C@]23C)[C@@H]2[C@@H](O)[C@@H]3[C@H]([C@H](C)[C@H]4O[C@]45OC(=O)[C@@](C)(OC(=O)c4ccc6c(c4)C(=O)c4ccccc4C6=O)[C@]35C)[C@@]2(C)[C@H]1OC(C)=O. The molecule has 3 saturated heterocycles. The van der Waals surface area contributed by atoms with Crippen LogP contribution in [-0.2, 0) is 47.5 Å². The Hall–Kier alpha value is -7.25. The summed E-state index contributed by atoms with van der Waals surface area (Å²) in [4.78, 5) is 127. The maximum atomic E-state index is 15.0. The van der Waals surface area contributed by atoms with E-state index in [2.05, 4.69) is 0 Å². The summed E-state index contributed by atoms with van der Waals surface area (Å²) < 4.78 is 45.0. The van der Waals surface area contributed by atoms with E-state index in [-0.39, 0.29) is 73.9 Å². The fourth-order valence-corrected chi connectivity index (χ4v) is 17.9. The van der Waals surface area contributed by atoms with Gasteiger partial charge in [-0.05, 0) is 80.8 Å². The summed E-state index contributed by atoms with van der Waals surface area (Å²) in [6.07, 6.45) is -7.91. The van der Waals surface area contributed by atoms with E-state index in [1.807, 2.05) is 20.8 Å². The number of epoxide rings is 2. The standard InChI is InChI=1S/C62H56O18/c1-24-41-44(60(6)61(7,57(73)80-62(60)53(24)78-62)79-56(72)28-17-19-35-37(21-28)48(68)33-15-11-9-13-31(33)46(35)66)49(69)42-40-38(77-55(71)27-16-18-34-36(20-27)47(67)32-14-10-8-12-30(32)45(34)65)22-29-23-39-50(76-39)52(70)58(29,4)43(40)51(74-25(2)63)54(59(41,42)5)75-26(3)64/h8-21,24,29,38-44,49-54,69-70H,22-23H2,1-7H3/t24-,29-,38-,39-,40?,41-,42+,43?,44-,49+,50-,51-,52-,53+,54-,58-,59+,60-,61+,62-/m0/s1. The molecule has 8 fully saturated rings. The number of ether oxygens (including phenoxy) is 7. The van der Waals surface area contributed by atoms with Crippen LogP contribution in [0.4, 0.5) is 0 Å². The quantitative estimate of drug-likeness (QED) is 0.117. The van der Waals surface area contributed by atoms with Gasteiger partial charge in [0.2, 0.25) is 5.60 Å². The molecule has 3 aliphatic heterocycles. The lowest BCUT2D eigenvalue weighted by Crippen LogP contribution is -2.72. The minimum absolute atomic E-state index is 0.0132. The molecule has 10 aliphatic rings. The zero-order valence-electron chi connectivity index (χ0n) is 44.6. The van der Waals surface area contributed by atoms with Crippen LogP contribution in [0.15, 0.2) is 84.9 Å². The second-order valence-corrected chi connectivity index (χ2v) is 24.7. The summed E-state index contributed by atoms with van der Waals surface area (Å²) in [6.45, 7) is 11.0. The van der Waals surface area contributed by atoms with Gasteiger partial charge >= 0.3 is 29.8 Å². The fourth-order valence-electron chi connectivity index (χ4n) is 17.9. The first-order valence-electron chi connectivity index (χ1n) is 27.3. The molecule has 2 N–H and O–H groups in total. The molecule has 0 radical (unpaired) electrons. The summed E-state index contributed by atoms with van der Waals surface area (Å²) in [5.74, 6) is -14.2. The van der Waals surface area contributed by atoms with Crippen LogP contribution in [0.1, 0.15) is 146 Å². The van der Waals surface area contributed by atoms with Gasteiger partial charge < -0.3 is 43.4 Å². The summed E-state index contributed by atoms with van der Waals surface area (Å²) >= 11 is 0. The fraction of sp³-hybridized carbons (Fsp3) is 0.468. The van der Waals surface area contributed by atoms with Crippen LogP contribution in [0.5, 0.6) is 0 Å². The van der Waals surface area contributed by atoms with Gasteiger partial charge in [0.15, 0.2) is 23.1 Å². The van der Waals surface area contributed by atoms with Crippen molar-refractivity contribution in [2.45, 2.75) is 122 Å². The molecule has 0 aromatic heterocycles. The normalized spacial score (nSPS) is 41.4. The van der Waals surface area contributed by atoms with E-state index in [9.17, 15) is 48.6 Å². The molecule has 0 bridgehead atoms. The minimum atomic E-state index is -2.26. The van der Waals surface area contributed by atoms with Gasteiger partial charge in [0.05, 0.1) is 34.9 Å². The topological polar surface area (TPSA) is 265 Å². The monoisotopic (exact) mass is 1090 g/mol. The Bertz CT molecular complexity index is 3590. The minimum Gasteiger partial charge on any atom is -0.458 e. The van der Waals surface area contributed by atoms with E-state index >= 15 is 4.79 Å². The second-order valence-electron chi connectivity index (χ2n) is 24.7. The highest BCUT2D eigenvalue weighted by atomic mass is 16.8. The number of aliphatic hydroxyl groups is 2. The van der Waals surface area contributed by atoms with Gasteiger partial charge in [-0.15, -0.1) is 0 Å². The van der Waals surface area contributed by atoms with E-state index in [4.69, 9.17) is 33.2 Å². The molecule has 18 nitrogen and oxygen atoms in total. The average molecular weight is 1090 g/mol. The van der Waals surface area contributed by atoms with Crippen molar-refractivity contribution in [1.82, 2.24) is 0 Å². The third-order valence-corrected chi connectivity index (χ3v) is 21.4. The van der Waals surface area contributed by atoms with Crippen molar-refractivity contribution in [3.05, 3.63) is 141 Å². The number of ketones is 4. The number of carbonyl (C=O) groups excluding carboxylic acids is 9. The van der Waals surface area contributed by atoms with Crippen molar-refractivity contribution >= 4 is 53.0 Å². The molecular weight excluding hydrogens is 1030 g/mol. The zero-order valence-corrected chi connectivity index (χ0v) is 44.6. The van der Waals surface area contributed by atoms with E-state index in [0.717, 1.165) is 0 Å². The molecule has 412 valence electrons. The maximum absolute atomic E-state index is 15.0. The van der Waals surface area contributed by atoms with E-state index < -0.39 is 159 Å². The van der Waals surface area contributed by atoms with Crippen LogP contribution in [0.2, 0.25) is 0 Å². The Labute approximate surface area is 457 Å². The molecule has 80 heavy (non-hydrogen) atoms. The molecule has 20 atom stereocenters. The molecule has 3 heterocycles. The van der Waals surface area contributed by atoms with Crippen molar-refractivity contribution in [3.63, 3.8) is 0 Å². The maximum Gasteiger partial charge on any atom is 0.353 e. The van der Waals surface area contributed by atoms with Crippen LogP contribution in [0, 0.1) is 57.7 Å². The van der Waals surface area contributed by atoms with Gasteiger partial charge in [-0.3, -0.25) is 28.8 Å². The van der Waals surface area contributed by atoms with E-state index in [0.29, 0.717) is 6.42 Å². The first-order chi connectivity index (χ1) is 37.9. The third-order valence-electron chi connectivity index (χ3n) is 21.4. The van der Waals surface area contributed by atoms with Crippen LogP contribution < -0.4 is 0 Å². The lowest BCUT2D eigenvalue weighted by atomic mass is 9.41. The molecule has 14 rings (SSSR count). The van der Waals surface area contributed by atoms with Crippen molar-refractivity contribution < 1.29 is 86.5 Å². The molecule has 4 aromatic carbocycles. The molecular formula is C62H56O18. The summed E-state index contributed by atoms with van der Waals surface area (Å²) in [5.41, 5.74) is -5.97. The number of hydrogen-bond donors (Lipinski definition) is 2. The van der Waals surface area contributed by atoms with Gasteiger partial charge in [-0.2, -0.15) is 0 Å². The van der Waals surface area contributed by atoms with Crippen molar-refractivity contribution in [1.29, 1.82) is 0 Å². The number of rotatable bonds is 6. The molecule has 1 spiro atoms. The Kier molecular flexibility index (Phi) is 10.5. The van der Waals surface area contributed by atoms with Gasteiger partial charge in [-0.25, -0.2) is 14.4 Å². The van der Waals surface area contributed by atoms with Gasteiger partial charge in [0, 0.05) is 92.9 Å². The first kappa shape index (κ1) is 50.9. The largest absolute Gasteiger partial charge is 0.458 e. The van der Waals surface area contributed by atoms with Crippen LogP contribution >= 0.6 is 0 Å². The predicted octanol–water partition coefficient (Wildman–Crippen LogP) is 5.58. The lowest BCUT2D eigenvalue weighted by molar-refractivity contribution is -0.279. The number of esters is 5. The highest BCUT2D eigenvalue weighted by molar-refractivity contribution is 6.29. The van der Waals surface area contributed by atoms with Gasteiger partial charge in [-0.1, -0.05) is 69.3 Å². The van der Waals surface area contributed by atoms with E-state index in [1.54, 1.807) is 49.4 Å². The number of hydrogen-bond acceptors (Lipinski definition) is 18. The van der Waals surface area contributed by atoms with Crippen LogP contribution in [0.25, 0.3) is 0 Å². The Morgan fingerprint density at radius 3 is 1.68 bits per heavy atom. The first-order valence-corrected chi connectivity index (χ1v) is 27.3. The number of benzene rings is 4. The molecule has 7 aliphatic carbocycles. The average Bonchev–Trinajstić information content (AvgIpc) is 3.88. The number of aliphatic hydroxyl groups excluding tert-OH is 2. The third kappa shape index (κ3) is 6.19. The Morgan fingerprint density at radius 1 is 0.600 bits per heavy atom. The summed E-state index contributed by atoms with van der Waals surface area (Å²) in [6, 6.07) is 20.9. The van der Waals surface area contributed by atoms with Crippen LogP contribution in [0.3, 0.4) is 0 Å². The highest BCUT2D eigenvalue weighted by Crippen LogP contribution is 2.81. The molecule has 4 aromatic rings. The Morgan fingerprint density at radius 2 is 1.12 bits per heavy atom. The molecule has 0 amide bonds. The molecule has 2 unspecified atom stereocenters. The smallest absolute Gasteiger partial charge is 0.353 e. The lowest BCUT2D eigenvalue weighted by Gasteiger charge is -2.66. The number of carbonyl (C=O) groups is 9. The summed E-state index contributed by atoms with van der Waals surface area (Å²) in [7, 11) is 0. The molecule has 5 saturated carbocycles. The second kappa shape index (κ2) is 16.5. The zero-order chi connectivity index (χ0) is 56.4. The van der Waals surface area contributed by atoms with Crippen molar-refractivity contribution in [2.24, 2.45) is 57.7 Å². The van der Waals surface area contributed by atoms with Gasteiger partial charge in [0.1, 0.15) is 30.5 Å². The van der Waals surface area contributed by atoms with Gasteiger partial charge in [0.25, 0.3) is 5.79 Å². The van der Waals surface area contributed by atoms with E-state index in [1.165, 1.54) is 63.2 Å². The number of fused-ring (bicyclic) bond motifs is 13. The highest BCUT2D eigenvalue weighted by Gasteiger charge is 2.94. The Balaban J connectivity index is 0.897. The molecule has 18 heteroatoms. The van der Waals surface area contributed by atoms with Crippen molar-refractivity contribution in [3.8, 4) is 0 Å². The summed E-state index contributed by atoms with van der Waals surface area (Å²) in [5, 5.41) is 26.5. The predicted molar refractivity (Wildman–Crippen MR) is 272 cm³/mol. The van der Waals surface area contributed by atoms with Crippen molar-refractivity contribution in [2.75, 3.05) is 0 Å².